The Balaban J connectivity index is 1.65. The van der Waals surface area contributed by atoms with E-state index in [0.29, 0.717) is 33.6 Å². The number of carbonyl (C=O) groups is 1. The van der Waals surface area contributed by atoms with Crippen molar-refractivity contribution in [2.75, 3.05) is 11.1 Å². The molecule has 4 N–H and O–H groups in total. The first kappa shape index (κ1) is 18.6. The van der Waals surface area contributed by atoms with Crippen LogP contribution in [0.1, 0.15) is 15.9 Å². The number of pyridine rings is 1. The largest absolute Gasteiger partial charge is 0.398 e. The van der Waals surface area contributed by atoms with E-state index in [2.05, 4.69) is 20.3 Å². The molecule has 2 heterocycles. The van der Waals surface area contributed by atoms with E-state index in [1.807, 2.05) is 30.3 Å². The van der Waals surface area contributed by atoms with Crippen molar-refractivity contribution in [3.63, 3.8) is 0 Å². The summed E-state index contributed by atoms with van der Waals surface area (Å²) in [6, 6.07) is 19.7. The summed E-state index contributed by atoms with van der Waals surface area (Å²) in [5, 5.41) is 3.55. The Morgan fingerprint density at radius 2 is 1.86 bits per heavy atom. The van der Waals surface area contributed by atoms with E-state index in [-0.39, 0.29) is 5.78 Å². The second-order valence-electron chi connectivity index (χ2n) is 6.32. The number of halogens is 1. The molecule has 0 aliphatic carbocycles. The molecular weight excluding hydrogens is 386 g/mol. The summed E-state index contributed by atoms with van der Waals surface area (Å²) >= 11 is 5.82. The minimum atomic E-state index is -0.127. The fourth-order valence-electron chi connectivity index (χ4n) is 2.86. The molecule has 0 bridgehead atoms. The van der Waals surface area contributed by atoms with Crippen molar-refractivity contribution in [1.29, 1.82) is 0 Å². The lowest BCUT2D eigenvalue weighted by Crippen LogP contribution is -2.12. The molecule has 2 aromatic carbocycles. The molecule has 7 heteroatoms. The zero-order valence-corrected chi connectivity index (χ0v) is 16.0. The summed E-state index contributed by atoms with van der Waals surface area (Å²) in [4.78, 5) is 24.5. The van der Waals surface area contributed by atoms with Crippen molar-refractivity contribution < 1.29 is 9.78 Å². The highest BCUT2D eigenvalue weighted by Crippen LogP contribution is 2.25. The number of ketones is 1. The number of nitrogens with zero attached hydrogens (tertiary/aromatic N) is 2. The number of benzene rings is 2. The summed E-state index contributed by atoms with van der Waals surface area (Å²) in [5.41, 5.74) is 9.75. The molecule has 142 valence electrons. The molecule has 0 saturated carbocycles. The van der Waals surface area contributed by atoms with E-state index < -0.39 is 0 Å². The summed E-state index contributed by atoms with van der Waals surface area (Å²) in [6.07, 6.45) is 3.38. The lowest BCUT2D eigenvalue weighted by Gasteiger charge is -2.07. The average Bonchev–Trinajstić information content (AvgIpc) is 2.76. The number of hydrogen-bond donors (Lipinski definition) is 2. The van der Waals surface area contributed by atoms with E-state index in [9.17, 15) is 4.79 Å². The van der Waals surface area contributed by atoms with Crippen molar-refractivity contribution in [3.05, 3.63) is 95.4 Å². The number of hydrogen-bond acceptors (Lipinski definition) is 5. The van der Waals surface area contributed by atoms with E-state index in [1.165, 1.54) is 0 Å². The van der Waals surface area contributed by atoms with Gasteiger partial charge in [0.05, 0.1) is 12.4 Å². The first-order valence-corrected chi connectivity index (χ1v) is 9.25. The third-order valence-electron chi connectivity index (χ3n) is 4.31. The van der Waals surface area contributed by atoms with Gasteiger partial charge in [0.2, 0.25) is 0 Å². The summed E-state index contributed by atoms with van der Waals surface area (Å²) in [5.74, 6) is 0.400. The van der Waals surface area contributed by atoms with Gasteiger partial charge in [-0.05, 0) is 30.3 Å². The van der Waals surface area contributed by atoms with Crippen LogP contribution >= 0.6 is 11.6 Å². The maximum atomic E-state index is 12.8. The normalized spacial score (nSPS) is 10.5. The van der Waals surface area contributed by atoms with Crippen molar-refractivity contribution in [2.45, 2.75) is 0 Å². The van der Waals surface area contributed by atoms with Gasteiger partial charge in [-0.2, -0.15) is 0 Å². The highest BCUT2D eigenvalue weighted by atomic mass is 35.5. The number of rotatable bonds is 5. The molecule has 0 aliphatic heterocycles. The van der Waals surface area contributed by atoms with Gasteiger partial charge in [-0.3, -0.25) is 4.79 Å². The smallest absolute Gasteiger partial charge is 0.394 e. The average molecular weight is 403 g/mol. The molecule has 0 spiro atoms. The van der Waals surface area contributed by atoms with Crippen LogP contribution in [0.15, 0.2) is 79.1 Å². The van der Waals surface area contributed by atoms with Gasteiger partial charge in [0.15, 0.2) is 11.5 Å². The predicted molar refractivity (Wildman–Crippen MR) is 113 cm³/mol. The van der Waals surface area contributed by atoms with E-state index in [4.69, 9.17) is 17.3 Å². The van der Waals surface area contributed by atoms with Gasteiger partial charge < -0.3 is 5.73 Å². The molecule has 0 saturated heterocycles. The Hall–Kier alpha value is -3.77. The predicted octanol–water partition coefficient (Wildman–Crippen LogP) is 4.17. The topological polar surface area (TPSA) is 95.0 Å². The summed E-state index contributed by atoms with van der Waals surface area (Å²) < 4.78 is 0. The van der Waals surface area contributed by atoms with Gasteiger partial charge in [-0.15, -0.1) is 0 Å². The second-order valence-corrected chi connectivity index (χ2v) is 6.70. The number of nitrogen functional groups attached to an aromatic ring is 1. The quantitative estimate of drug-likeness (QED) is 0.297. The van der Waals surface area contributed by atoms with Crippen LogP contribution in [0.5, 0.6) is 0 Å². The highest BCUT2D eigenvalue weighted by molar-refractivity contribution is 6.29. The highest BCUT2D eigenvalue weighted by Gasteiger charge is 2.16. The molecule has 0 aliphatic rings. The van der Waals surface area contributed by atoms with Crippen LogP contribution in [-0.4, -0.2) is 15.8 Å². The van der Waals surface area contributed by atoms with E-state index >= 15 is 0 Å². The maximum Gasteiger partial charge on any atom is 0.394 e. The van der Waals surface area contributed by atoms with Crippen molar-refractivity contribution in [1.82, 2.24) is 9.97 Å². The number of H-pyrrole nitrogens is 1. The number of aromatic amines is 1. The number of nitrogens with two attached hydrogens (primary N) is 1. The number of aromatic nitrogens is 3. The van der Waals surface area contributed by atoms with Crippen molar-refractivity contribution in [3.8, 4) is 11.3 Å². The minimum Gasteiger partial charge on any atom is -0.398 e. The Kier molecular flexibility index (Phi) is 5.18. The van der Waals surface area contributed by atoms with Crippen LogP contribution in [0.25, 0.3) is 11.3 Å². The van der Waals surface area contributed by atoms with Gasteiger partial charge in [-0.1, -0.05) is 46.9 Å². The number of carbonyl (C=O) groups excluding carboxylic acids is 1. The van der Waals surface area contributed by atoms with Crippen LogP contribution in [0.4, 0.5) is 17.3 Å². The van der Waals surface area contributed by atoms with Crippen molar-refractivity contribution >= 4 is 34.7 Å². The molecule has 0 atom stereocenters. The fraction of sp³-hybridized carbons (Fsp3) is 0. The molecule has 0 fully saturated rings. The zero-order valence-electron chi connectivity index (χ0n) is 15.3. The van der Waals surface area contributed by atoms with Crippen LogP contribution in [0.2, 0.25) is 5.15 Å². The molecule has 6 nitrogen and oxygen atoms in total. The van der Waals surface area contributed by atoms with Gasteiger partial charge in [0.25, 0.3) is 0 Å². The van der Waals surface area contributed by atoms with Gasteiger partial charge in [-0.25, -0.2) is 15.3 Å². The third kappa shape index (κ3) is 4.23. The lowest BCUT2D eigenvalue weighted by atomic mass is 9.98. The van der Waals surface area contributed by atoms with Crippen molar-refractivity contribution in [2.24, 2.45) is 0 Å². The van der Waals surface area contributed by atoms with E-state index in [1.54, 1.807) is 48.8 Å². The Morgan fingerprint density at radius 3 is 2.62 bits per heavy atom. The number of nitrogens with one attached hydrogen (secondary N) is 2. The van der Waals surface area contributed by atoms with Crippen LogP contribution in [0, 0.1) is 0 Å². The van der Waals surface area contributed by atoms with Gasteiger partial charge in [0, 0.05) is 28.4 Å². The molecule has 29 heavy (non-hydrogen) atoms. The maximum absolute atomic E-state index is 12.8. The van der Waals surface area contributed by atoms with E-state index in [0.717, 1.165) is 11.3 Å². The molecule has 2 aromatic heterocycles. The third-order valence-corrected chi connectivity index (χ3v) is 4.54. The molecule has 0 amide bonds. The monoisotopic (exact) mass is 402 g/mol. The van der Waals surface area contributed by atoms with Gasteiger partial charge in [0.1, 0.15) is 10.8 Å². The van der Waals surface area contributed by atoms with Crippen LogP contribution in [0.3, 0.4) is 0 Å². The molecule has 4 rings (SSSR count). The Labute approximate surface area is 172 Å². The Bertz CT molecular complexity index is 1160. The summed E-state index contributed by atoms with van der Waals surface area (Å²) in [7, 11) is 0. The van der Waals surface area contributed by atoms with Crippen LogP contribution < -0.4 is 16.0 Å². The van der Waals surface area contributed by atoms with Gasteiger partial charge >= 0.3 is 5.95 Å². The summed E-state index contributed by atoms with van der Waals surface area (Å²) in [6.45, 7) is 0. The number of anilines is 3. The fourth-order valence-corrected chi connectivity index (χ4v) is 2.97. The SMILES string of the molecule is Nc1ccc(-c2cc[nH+]c(Nc3ccc(Cl)nc3)n2)cc1C(=O)c1ccccc1. The zero-order chi connectivity index (χ0) is 20.2. The molecule has 0 unspecified atom stereocenters. The molecule has 0 radical (unpaired) electrons. The first-order chi connectivity index (χ1) is 14.1. The minimum absolute atomic E-state index is 0.127. The lowest BCUT2D eigenvalue weighted by molar-refractivity contribution is -0.364. The second kappa shape index (κ2) is 8.08. The molecule has 4 aromatic rings. The first-order valence-electron chi connectivity index (χ1n) is 8.87. The molecular formula is C22H17ClN5O+. The standard InChI is InChI=1S/C22H16ClN5O/c23-20-9-7-16(13-26-20)27-22-25-11-10-19(28-22)15-6-8-18(24)17(12-15)21(29)14-4-2-1-3-5-14/h1-13H,24H2,(H,25,27,28)/p+1. The van der Waals surface area contributed by atoms with Crippen LogP contribution in [-0.2, 0) is 0 Å². The Morgan fingerprint density at radius 1 is 1.03 bits per heavy atom.